The number of alkyl carbamates (subject to hydrolysis) is 1. The molecule has 0 bridgehead atoms. The number of halogens is 1. The fourth-order valence-electron chi connectivity index (χ4n) is 1.47. The third-order valence-corrected chi connectivity index (χ3v) is 2.43. The molecule has 0 aromatic rings. The number of hydrogen-bond acceptors (Lipinski definition) is 3. The van der Waals surface area contributed by atoms with Crippen molar-refractivity contribution in [3.05, 3.63) is 0 Å². The standard InChI is InChI=1S/C10H19FN2O2/c1-2-3-6-15-10(14)13-9-7-12-5-4-8(9)11/h8-9,12H,2-7H2,1H3,(H,13,14)/t8-,9+/m0/s1. The number of alkyl halides is 1. The van der Waals surface area contributed by atoms with Gasteiger partial charge in [0.1, 0.15) is 6.17 Å². The Kier molecular flexibility index (Phi) is 5.39. The molecule has 1 aliphatic rings. The monoisotopic (exact) mass is 218 g/mol. The van der Waals surface area contributed by atoms with Crippen LogP contribution in [-0.2, 0) is 4.74 Å². The highest BCUT2D eigenvalue weighted by Gasteiger charge is 2.26. The highest BCUT2D eigenvalue weighted by atomic mass is 19.1. The zero-order valence-corrected chi connectivity index (χ0v) is 9.09. The highest BCUT2D eigenvalue weighted by molar-refractivity contribution is 5.67. The summed E-state index contributed by atoms with van der Waals surface area (Å²) in [4.78, 5) is 11.2. The number of carbonyl (C=O) groups is 1. The molecule has 4 nitrogen and oxygen atoms in total. The normalized spacial score (nSPS) is 26.0. The van der Waals surface area contributed by atoms with Gasteiger partial charge < -0.3 is 15.4 Å². The van der Waals surface area contributed by atoms with Crippen LogP contribution in [0.5, 0.6) is 0 Å². The highest BCUT2D eigenvalue weighted by Crippen LogP contribution is 2.07. The van der Waals surface area contributed by atoms with Crippen molar-refractivity contribution in [2.45, 2.75) is 38.4 Å². The summed E-state index contributed by atoms with van der Waals surface area (Å²) in [5, 5.41) is 5.56. The fraction of sp³-hybridized carbons (Fsp3) is 0.900. The first-order chi connectivity index (χ1) is 7.24. The van der Waals surface area contributed by atoms with Gasteiger partial charge in [-0.15, -0.1) is 0 Å². The van der Waals surface area contributed by atoms with Crippen LogP contribution in [0.2, 0.25) is 0 Å². The molecular formula is C10H19FN2O2. The van der Waals surface area contributed by atoms with Crippen LogP contribution in [0.25, 0.3) is 0 Å². The topological polar surface area (TPSA) is 50.4 Å². The molecule has 0 unspecified atom stereocenters. The first kappa shape index (κ1) is 12.2. The van der Waals surface area contributed by atoms with E-state index in [0.717, 1.165) is 12.8 Å². The molecule has 1 heterocycles. The van der Waals surface area contributed by atoms with Crippen molar-refractivity contribution in [3.63, 3.8) is 0 Å². The van der Waals surface area contributed by atoms with Crippen molar-refractivity contribution >= 4 is 6.09 Å². The number of rotatable bonds is 4. The van der Waals surface area contributed by atoms with E-state index >= 15 is 0 Å². The lowest BCUT2D eigenvalue weighted by atomic mass is 10.1. The minimum atomic E-state index is -0.968. The Bertz CT molecular complexity index is 202. The maximum Gasteiger partial charge on any atom is 0.407 e. The minimum absolute atomic E-state index is 0.402. The van der Waals surface area contributed by atoms with Crippen LogP contribution in [0.15, 0.2) is 0 Å². The quantitative estimate of drug-likeness (QED) is 0.697. The lowest BCUT2D eigenvalue weighted by Gasteiger charge is -2.27. The Balaban J connectivity index is 2.18. The first-order valence-electron chi connectivity index (χ1n) is 5.52. The Morgan fingerprint density at radius 2 is 2.47 bits per heavy atom. The molecule has 2 N–H and O–H groups in total. The van der Waals surface area contributed by atoms with E-state index in [0.29, 0.717) is 26.1 Å². The molecule has 15 heavy (non-hydrogen) atoms. The van der Waals surface area contributed by atoms with Gasteiger partial charge in [-0.05, 0) is 19.4 Å². The number of unbranched alkanes of at least 4 members (excludes halogenated alkanes) is 1. The van der Waals surface area contributed by atoms with Crippen LogP contribution >= 0.6 is 0 Å². The van der Waals surface area contributed by atoms with Crippen molar-refractivity contribution < 1.29 is 13.9 Å². The van der Waals surface area contributed by atoms with E-state index < -0.39 is 18.3 Å². The van der Waals surface area contributed by atoms with Crippen LogP contribution in [0.1, 0.15) is 26.2 Å². The van der Waals surface area contributed by atoms with Gasteiger partial charge in [-0.1, -0.05) is 13.3 Å². The van der Waals surface area contributed by atoms with E-state index in [4.69, 9.17) is 4.74 Å². The molecule has 0 aromatic carbocycles. The SMILES string of the molecule is CCCCOC(=O)N[C@@H]1CNCC[C@@H]1F. The number of carbonyl (C=O) groups excluding carboxylic acids is 1. The molecule has 1 saturated heterocycles. The molecule has 0 aromatic heterocycles. The van der Waals surface area contributed by atoms with Crippen LogP contribution < -0.4 is 10.6 Å². The van der Waals surface area contributed by atoms with E-state index in [9.17, 15) is 9.18 Å². The van der Waals surface area contributed by atoms with E-state index in [1.807, 2.05) is 6.92 Å². The van der Waals surface area contributed by atoms with Gasteiger partial charge in [0.15, 0.2) is 0 Å². The molecular weight excluding hydrogens is 199 g/mol. The summed E-state index contributed by atoms with van der Waals surface area (Å²) in [7, 11) is 0. The summed E-state index contributed by atoms with van der Waals surface area (Å²) in [6.45, 7) is 3.57. The van der Waals surface area contributed by atoms with E-state index in [2.05, 4.69) is 10.6 Å². The molecule has 0 saturated carbocycles. The molecule has 1 amide bonds. The van der Waals surface area contributed by atoms with Gasteiger partial charge in [0.25, 0.3) is 0 Å². The largest absolute Gasteiger partial charge is 0.450 e. The fourth-order valence-corrected chi connectivity index (χ4v) is 1.47. The molecule has 2 atom stereocenters. The van der Waals surface area contributed by atoms with Crippen molar-refractivity contribution in [2.75, 3.05) is 19.7 Å². The molecule has 0 spiro atoms. The van der Waals surface area contributed by atoms with Crippen molar-refractivity contribution in [1.82, 2.24) is 10.6 Å². The van der Waals surface area contributed by atoms with Gasteiger partial charge in [-0.3, -0.25) is 0 Å². The van der Waals surface area contributed by atoms with Crippen molar-refractivity contribution in [1.29, 1.82) is 0 Å². The zero-order chi connectivity index (χ0) is 11.1. The van der Waals surface area contributed by atoms with Crippen LogP contribution in [0.3, 0.4) is 0 Å². The second-order valence-corrected chi connectivity index (χ2v) is 3.75. The van der Waals surface area contributed by atoms with Gasteiger partial charge in [-0.2, -0.15) is 0 Å². The third-order valence-electron chi connectivity index (χ3n) is 2.43. The number of nitrogens with one attached hydrogen (secondary N) is 2. The number of hydrogen-bond donors (Lipinski definition) is 2. The number of ether oxygens (including phenoxy) is 1. The van der Waals surface area contributed by atoms with E-state index in [1.165, 1.54) is 0 Å². The second kappa shape index (κ2) is 6.61. The average Bonchev–Trinajstić information content (AvgIpc) is 2.22. The average molecular weight is 218 g/mol. The summed E-state index contributed by atoms with van der Waals surface area (Å²) in [5.74, 6) is 0. The van der Waals surface area contributed by atoms with Crippen LogP contribution in [0.4, 0.5) is 9.18 Å². The van der Waals surface area contributed by atoms with Gasteiger partial charge in [0.05, 0.1) is 12.6 Å². The summed E-state index contributed by atoms with van der Waals surface area (Å²) in [6.07, 6.45) is 0.782. The van der Waals surface area contributed by atoms with Crippen molar-refractivity contribution in [2.24, 2.45) is 0 Å². The zero-order valence-electron chi connectivity index (χ0n) is 9.09. The Morgan fingerprint density at radius 3 is 3.13 bits per heavy atom. The lowest BCUT2D eigenvalue weighted by Crippen LogP contribution is -2.52. The third kappa shape index (κ3) is 4.46. The Morgan fingerprint density at radius 1 is 1.67 bits per heavy atom. The maximum atomic E-state index is 13.3. The molecule has 1 rings (SSSR count). The van der Waals surface area contributed by atoms with Gasteiger partial charge in [0.2, 0.25) is 0 Å². The summed E-state index contributed by atoms with van der Waals surface area (Å²) in [6, 6.07) is -0.451. The van der Waals surface area contributed by atoms with E-state index in [-0.39, 0.29) is 0 Å². The minimum Gasteiger partial charge on any atom is -0.450 e. The predicted molar refractivity (Wildman–Crippen MR) is 55.6 cm³/mol. The Labute approximate surface area is 89.6 Å². The second-order valence-electron chi connectivity index (χ2n) is 3.75. The molecule has 0 radical (unpaired) electrons. The van der Waals surface area contributed by atoms with Crippen molar-refractivity contribution in [3.8, 4) is 0 Å². The Hall–Kier alpha value is -0.840. The summed E-state index contributed by atoms with van der Waals surface area (Å²) >= 11 is 0. The molecule has 1 fully saturated rings. The van der Waals surface area contributed by atoms with Crippen LogP contribution in [-0.4, -0.2) is 38.0 Å². The summed E-state index contributed by atoms with van der Waals surface area (Å²) in [5.41, 5.74) is 0. The molecule has 88 valence electrons. The molecule has 5 heteroatoms. The van der Waals surface area contributed by atoms with Gasteiger partial charge in [0, 0.05) is 6.54 Å². The smallest absolute Gasteiger partial charge is 0.407 e. The predicted octanol–water partition coefficient (Wildman–Crippen LogP) is 1.21. The van der Waals surface area contributed by atoms with Gasteiger partial charge >= 0.3 is 6.09 Å². The van der Waals surface area contributed by atoms with Gasteiger partial charge in [-0.25, -0.2) is 9.18 Å². The molecule has 0 aliphatic carbocycles. The number of amides is 1. The lowest BCUT2D eigenvalue weighted by molar-refractivity contribution is 0.126. The van der Waals surface area contributed by atoms with E-state index in [1.54, 1.807) is 0 Å². The summed E-state index contributed by atoms with van der Waals surface area (Å²) < 4.78 is 18.2. The number of piperidine rings is 1. The van der Waals surface area contributed by atoms with Crippen LogP contribution in [0, 0.1) is 0 Å². The maximum absolute atomic E-state index is 13.3. The molecule has 1 aliphatic heterocycles. The first-order valence-corrected chi connectivity index (χ1v) is 5.52.